The maximum absolute atomic E-state index is 13.1. The molecule has 1 aliphatic carbocycles. The van der Waals surface area contributed by atoms with Crippen molar-refractivity contribution in [1.82, 2.24) is 10.2 Å². The second-order valence-electron chi connectivity index (χ2n) is 7.61. The lowest BCUT2D eigenvalue weighted by Gasteiger charge is -2.53. The minimum absolute atomic E-state index is 0.117. The molecule has 3 aliphatic rings. The molecule has 25 heavy (non-hydrogen) atoms. The summed E-state index contributed by atoms with van der Waals surface area (Å²) >= 11 is 0. The van der Waals surface area contributed by atoms with Crippen LogP contribution in [-0.2, 0) is 15.1 Å². The lowest BCUT2D eigenvalue weighted by Crippen LogP contribution is -2.63. The first kappa shape index (κ1) is 17.0. The molecule has 1 amide bonds. The number of nitrogens with one attached hydrogen (secondary N) is 1. The number of morpholine rings is 1. The molecule has 0 radical (unpaired) electrons. The van der Waals surface area contributed by atoms with E-state index in [1.165, 1.54) is 0 Å². The minimum Gasteiger partial charge on any atom is -0.385 e. The zero-order valence-corrected chi connectivity index (χ0v) is 14.7. The molecule has 5 heteroatoms. The summed E-state index contributed by atoms with van der Waals surface area (Å²) in [5.74, 6) is 0.262. The van der Waals surface area contributed by atoms with E-state index in [-0.39, 0.29) is 23.9 Å². The van der Waals surface area contributed by atoms with Gasteiger partial charge in [-0.15, -0.1) is 0 Å². The Kier molecular flexibility index (Phi) is 4.80. The van der Waals surface area contributed by atoms with Gasteiger partial charge in [0, 0.05) is 25.0 Å². The van der Waals surface area contributed by atoms with Crippen LogP contribution in [0.25, 0.3) is 0 Å². The molecule has 0 spiro atoms. The fourth-order valence-corrected chi connectivity index (χ4v) is 4.97. The Morgan fingerprint density at radius 3 is 2.80 bits per heavy atom. The van der Waals surface area contributed by atoms with Gasteiger partial charge in [-0.3, -0.25) is 4.79 Å². The molecular weight excluding hydrogens is 316 g/mol. The number of hydrogen-bond donors (Lipinski definition) is 2. The number of amides is 1. The van der Waals surface area contributed by atoms with E-state index in [1.807, 2.05) is 35.2 Å². The normalized spacial score (nSPS) is 35.9. The predicted octanol–water partition coefficient (Wildman–Crippen LogP) is 1.65. The SMILES string of the molecule is O=C([C@@H]1COCCN1)N1CCC(O)(c2ccccc2)C2CCCCC21. The quantitative estimate of drug-likeness (QED) is 0.856. The van der Waals surface area contributed by atoms with Gasteiger partial charge in [0.1, 0.15) is 6.04 Å². The monoisotopic (exact) mass is 344 g/mol. The number of ether oxygens (including phenoxy) is 1. The van der Waals surface area contributed by atoms with Crippen molar-refractivity contribution in [3.63, 3.8) is 0 Å². The molecule has 1 aromatic rings. The molecule has 0 bridgehead atoms. The third kappa shape index (κ3) is 3.09. The largest absolute Gasteiger partial charge is 0.385 e. The Morgan fingerprint density at radius 2 is 2.04 bits per heavy atom. The van der Waals surface area contributed by atoms with Gasteiger partial charge in [-0.2, -0.15) is 0 Å². The van der Waals surface area contributed by atoms with Crippen molar-refractivity contribution < 1.29 is 14.6 Å². The molecule has 3 unspecified atom stereocenters. The first-order valence-corrected chi connectivity index (χ1v) is 9.60. The number of benzene rings is 1. The first-order valence-electron chi connectivity index (χ1n) is 9.60. The summed E-state index contributed by atoms with van der Waals surface area (Å²) in [4.78, 5) is 15.1. The fourth-order valence-electron chi connectivity index (χ4n) is 4.97. The van der Waals surface area contributed by atoms with E-state index >= 15 is 0 Å². The molecule has 2 heterocycles. The van der Waals surface area contributed by atoms with E-state index in [4.69, 9.17) is 4.74 Å². The molecule has 4 atom stereocenters. The second-order valence-corrected chi connectivity index (χ2v) is 7.61. The highest BCUT2D eigenvalue weighted by molar-refractivity contribution is 5.82. The Bertz CT molecular complexity index is 602. The number of carbonyl (C=O) groups is 1. The van der Waals surface area contributed by atoms with E-state index in [1.54, 1.807) is 0 Å². The van der Waals surface area contributed by atoms with Crippen LogP contribution in [0.3, 0.4) is 0 Å². The average Bonchev–Trinajstić information content (AvgIpc) is 2.69. The summed E-state index contributed by atoms with van der Waals surface area (Å²) < 4.78 is 5.48. The smallest absolute Gasteiger partial charge is 0.242 e. The van der Waals surface area contributed by atoms with Crippen LogP contribution in [0.1, 0.15) is 37.7 Å². The summed E-state index contributed by atoms with van der Waals surface area (Å²) in [6, 6.07) is 9.92. The number of aliphatic hydroxyl groups is 1. The van der Waals surface area contributed by atoms with E-state index in [9.17, 15) is 9.90 Å². The van der Waals surface area contributed by atoms with Crippen LogP contribution >= 0.6 is 0 Å². The molecule has 4 rings (SSSR count). The highest BCUT2D eigenvalue weighted by atomic mass is 16.5. The second kappa shape index (κ2) is 7.06. The first-order chi connectivity index (χ1) is 12.2. The summed E-state index contributed by atoms with van der Waals surface area (Å²) in [5.41, 5.74) is 0.178. The van der Waals surface area contributed by atoms with E-state index in [2.05, 4.69) is 5.32 Å². The number of fused-ring (bicyclic) bond motifs is 1. The number of likely N-dealkylation sites (tertiary alicyclic amines) is 1. The number of piperidine rings is 1. The zero-order chi connectivity index (χ0) is 17.3. The van der Waals surface area contributed by atoms with Crippen LogP contribution in [0, 0.1) is 5.92 Å². The number of nitrogens with zero attached hydrogens (tertiary/aromatic N) is 1. The van der Waals surface area contributed by atoms with Gasteiger partial charge in [-0.1, -0.05) is 43.2 Å². The molecule has 3 fully saturated rings. The van der Waals surface area contributed by atoms with E-state index in [0.717, 1.165) is 37.8 Å². The molecular formula is C20H28N2O3. The van der Waals surface area contributed by atoms with Crippen molar-refractivity contribution in [3.05, 3.63) is 35.9 Å². The summed E-state index contributed by atoms with van der Waals surface area (Å²) in [6.45, 7) is 2.47. The van der Waals surface area contributed by atoms with Crippen molar-refractivity contribution in [2.45, 2.75) is 49.8 Å². The van der Waals surface area contributed by atoms with Gasteiger partial charge < -0.3 is 20.1 Å². The lowest BCUT2D eigenvalue weighted by atomic mass is 9.66. The zero-order valence-electron chi connectivity index (χ0n) is 14.7. The van der Waals surface area contributed by atoms with Gasteiger partial charge in [0.2, 0.25) is 5.91 Å². The van der Waals surface area contributed by atoms with Crippen LogP contribution in [-0.4, -0.2) is 54.3 Å². The molecule has 2 aliphatic heterocycles. The van der Waals surface area contributed by atoms with Crippen LogP contribution in [0.15, 0.2) is 30.3 Å². The van der Waals surface area contributed by atoms with Gasteiger partial charge in [0.15, 0.2) is 0 Å². The number of rotatable bonds is 2. The minimum atomic E-state index is -0.820. The van der Waals surface area contributed by atoms with Crippen molar-refractivity contribution in [3.8, 4) is 0 Å². The molecule has 2 saturated heterocycles. The van der Waals surface area contributed by atoms with Gasteiger partial charge in [0.05, 0.1) is 18.8 Å². The van der Waals surface area contributed by atoms with Crippen molar-refractivity contribution >= 4 is 5.91 Å². The Hall–Kier alpha value is -1.43. The average molecular weight is 344 g/mol. The fraction of sp³-hybridized carbons (Fsp3) is 0.650. The summed E-state index contributed by atoms with van der Waals surface area (Å²) in [7, 11) is 0. The van der Waals surface area contributed by atoms with Gasteiger partial charge in [-0.05, 0) is 24.8 Å². The van der Waals surface area contributed by atoms with Crippen molar-refractivity contribution in [2.75, 3.05) is 26.3 Å². The third-order valence-corrected chi connectivity index (χ3v) is 6.25. The van der Waals surface area contributed by atoms with Gasteiger partial charge >= 0.3 is 0 Å². The van der Waals surface area contributed by atoms with E-state index in [0.29, 0.717) is 26.2 Å². The maximum Gasteiger partial charge on any atom is 0.242 e. The topological polar surface area (TPSA) is 61.8 Å². The molecule has 136 valence electrons. The Morgan fingerprint density at radius 1 is 1.24 bits per heavy atom. The molecule has 0 aromatic heterocycles. The van der Waals surface area contributed by atoms with Gasteiger partial charge in [0.25, 0.3) is 0 Å². The van der Waals surface area contributed by atoms with E-state index < -0.39 is 5.60 Å². The number of carbonyl (C=O) groups excluding carboxylic acids is 1. The molecule has 5 nitrogen and oxygen atoms in total. The van der Waals surface area contributed by atoms with Crippen LogP contribution in [0.2, 0.25) is 0 Å². The van der Waals surface area contributed by atoms with Crippen molar-refractivity contribution in [2.24, 2.45) is 5.92 Å². The summed E-state index contributed by atoms with van der Waals surface area (Å²) in [5, 5.41) is 14.9. The maximum atomic E-state index is 13.1. The Balaban J connectivity index is 1.59. The van der Waals surface area contributed by atoms with Crippen LogP contribution in [0.5, 0.6) is 0 Å². The highest BCUT2D eigenvalue weighted by Gasteiger charge is 2.50. The number of hydrogen-bond acceptors (Lipinski definition) is 4. The van der Waals surface area contributed by atoms with Crippen LogP contribution in [0.4, 0.5) is 0 Å². The lowest BCUT2D eigenvalue weighted by molar-refractivity contribution is -0.159. The third-order valence-electron chi connectivity index (χ3n) is 6.25. The predicted molar refractivity (Wildman–Crippen MR) is 95.0 cm³/mol. The van der Waals surface area contributed by atoms with Crippen molar-refractivity contribution in [1.29, 1.82) is 0 Å². The van der Waals surface area contributed by atoms with Crippen LogP contribution < -0.4 is 5.32 Å². The molecule has 1 saturated carbocycles. The highest BCUT2D eigenvalue weighted by Crippen LogP contribution is 2.47. The Labute approximate surface area is 149 Å². The molecule has 2 N–H and O–H groups in total. The summed E-state index contributed by atoms with van der Waals surface area (Å²) in [6.07, 6.45) is 4.83. The standard InChI is InChI=1S/C20H28N2O3/c23-19(17-14-25-13-11-21-17)22-12-10-20(24,15-6-2-1-3-7-15)16-8-4-5-9-18(16)22/h1-3,6-7,16-18,21,24H,4-5,8-14H2/t16?,17-,18?,20?/m0/s1. The van der Waals surface area contributed by atoms with Gasteiger partial charge in [-0.25, -0.2) is 0 Å². The molecule has 1 aromatic carbocycles.